The van der Waals surface area contributed by atoms with Crippen molar-refractivity contribution >= 4 is 27.0 Å². The number of benzene rings is 3. The van der Waals surface area contributed by atoms with E-state index in [2.05, 4.69) is 4.74 Å². The number of alkyl halides is 4. The van der Waals surface area contributed by atoms with Crippen LogP contribution >= 0.6 is 0 Å². The Kier molecular flexibility index (Phi) is 7.60. The molecule has 0 saturated carbocycles. The maximum Gasteiger partial charge on any atom is 0.429 e. The summed E-state index contributed by atoms with van der Waals surface area (Å²) in [5.74, 6) is -7.31. The van der Waals surface area contributed by atoms with Crippen LogP contribution in [0.2, 0.25) is 0 Å². The van der Waals surface area contributed by atoms with E-state index in [1.54, 1.807) is 31.2 Å². The molecule has 7 nitrogen and oxygen atoms in total. The van der Waals surface area contributed by atoms with Crippen molar-refractivity contribution in [2.24, 2.45) is 0 Å². The fourth-order valence-corrected chi connectivity index (χ4v) is 5.82. The second kappa shape index (κ2) is 10.3. The average Bonchev–Trinajstić information content (AvgIpc) is 2.87. The highest BCUT2D eigenvalue weighted by molar-refractivity contribution is 7.97. The fraction of sp³-hybridized carbons (Fsp3) is 0.240. The molecule has 0 aromatic heterocycles. The highest BCUT2D eigenvalue weighted by atomic mass is 32.2. The zero-order chi connectivity index (χ0) is 27.8. The number of rotatable bonds is 7. The van der Waals surface area contributed by atoms with Gasteiger partial charge in [-0.05, 0) is 67.6 Å². The van der Waals surface area contributed by atoms with Crippen LogP contribution in [0.15, 0.2) is 93.5 Å². The quantitative estimate of drug-likeness (QED) is 0.133. The summed E-state index contributed by atoms with van der Waals surface area (Å²) in [4.78, 5) is 13.9. The normalized spacial score (nSPS) is 17.9. The Balaban J connectivity index is 1.61. The summed E-state index contributed by atoms with van der Waals surface area (Å²) in [6.45, 7) is 0.00231. The van der Waals surface area contributed by atoms with E-state index >= 15 is 0 Å². The largest absolute Gasteiger partial charge is 0.743 e. The van der Waals surface area contributed by atoms with Crippen molar-refractivity contribution in [3.63, 3.8) is 0 Å². The number of esters is 1. The van der Waals surface area contributed by atoms with Crippen LogP contribution < -0.4 is 4.74 Å². The van der Waals surface area contributed by atoms with Gasteiger partial charge in [-0.3, -0.25) is 0 Å². The van der Waals surface area contributed by atoms with Gasteiger partial charge in [0.2, 0.25) is 0 Å². The molecule has 1 aliphatic rings. The zero-order valence-electron chi connectivity index (χ0n) is 19.6. The van der Waals surface area contributed by atoms with Gasteiger partial charge in [0.05, 0.1) is 10.9 Å². The van der Waals surface area contributed by atoms with Crippen molar-refractivity contribution in [1.82, 2.24) is 0 Å². The van der Waals surface area contributed by atoms with Crippen LogP contribution in [-0.4, -0.2) is 43.3 Å². The minimum Gasteiger partial charge on any atom is -0.743 e. The van der Waals surface area contributed by atoms with Crippen LogP contribution in [0, 0.1) is 0 Å². The lowest BCUT2D eigenvalue weighted by atomic mass is 10.1. The Hall–Kier alpha value is -2.97. The molecule has 1 unspecified atom stereocenters. The van der Waals surface area contributed by atoms with Gasteiger partial charge in [-0.2, -0.15) is 8.78 Å². The van der Waals surface area contributed by atoms with Gasteiger partial charge in [0.25, 0.3) is 5.92 Å². The van der Waals surface area contributed by atoms with E-state index in [1.807, 2.05) is 30.3 Å². The Morgan fingerprint density at radius 2 is 1.37 bits per heavy atom. The second-order valence-electron chi connectivity index (χ2n) is 8.35. The molecule has 0 amide bonds. The van der Waals surface area contributed by atoms with E-state index in [9.17, 15) is 35.3 Å². The predicted molar refractivity (Wildman–Crippen MR) is 126 cm³/mol. The zero-order valence-corrected chi connectivity index (χ0v) is 21.2. The monoisotopic (exact) mass is 572 g/mol. The molecule has 4 rings (SSSR count). The van der Waals surface area contributed by atoms with Gasteiger partial charge in [-0.25, -0.2) is 22.0 Å². The summed E-state index contributed by atoms with van der Waals surface area (Å²) in [6.07, 6.45) is 0. The average molecular weight is 573 g/mol. The molecule has 1 fully saturated rings. The lowest BCUT2D eigenvalue weighted by Crippen LogP contribution is -2.46. The Morgan fingerprint density at radius 3 is 1.87 bits per heavy atom. The van der Waals surface area contributed by atoms with Gasteiger partial charge in [-0.1, -0.05) is 18.2 Å². The molecule has 13 heteroatoms. The molecule has 0 radical (unpaired) electrons. The van der Waals surface area contributed by atoms with E-state index in [1.165, 1.54) is 24.3 Å². The first-order valence-corrected chi connectivity index (χ1v) is 13.6. The summed E-state index contributed by atoms with van der Waals surface area (Å²) in [6, 6.07) is 21.6. The first-order valence-electron chi connectivity index (χ1n) is 10.9. The first kappa shape index (κ1) is 28.0. The Labute approximate surface area is 218 Å². The molecule has 0 bridgehead atoms. The smallest absolute Gasteiger partial charge is 0.429 e. The SMILES string of the molecule is CC1(c2ccc([S+](c3ccccc3)c3ccc(OC(=O)C(F)(F)S(=O)(=O)[O-])cc3)cc2)OCC(F)(F)CO1. The molecule has 0 aliphatic carbocycles. The summed E-state index contributed by atoms with van der Waals surface area (Å²) in [7, 11) is -6.99. The molecular formula is C25H20F4O7S2. The van der Waals surface area contributed by atoms with Crippen LogP contribution in [0.5, 0.6) is 5.75 Å². The second-order valence-corrected chi connectivity index (χ2v) is 11.8. The minimum atomic E-state index is -6.25. The van der Waals surface area contributed by atoms with E-state index in [4.69, 9.17) is 9.47 Å². The van der Waals surface area contributed by atoms with Crippen LogP contribution in [0.3, 0.4) is 0 Å². The van der Waals surface area contributed by atoms with Crippen molar-refractivity contribution in [1.29, 1.82) is 0 Å². The third kappa shape index (κ3) is 5.86. The molecule has 3 aromatic carbocycles. The molecule has 0 N–H and O–H groups in total. The van der Waals surface area contributed by atoms with Gasteiger partial charge in [-0.15, -0.1) is 0 Å². The maximum absolute atomic E-state index is 13.5. The predicted octanol–water partition coefficient (Wildman–Crippen LogP) is 4.68. The molecular weight excluding hydrogens is 552 g/mol. The lowest BCUT2D eigenvalue weighted by Gasteiger charge is -2.37. The topological polar surface area (TPSA) is 102 Å². The first-order chi connectivity index (χ1) is 17.7. The van der Waals surface area contributed by atoms with Crippen molar-refractivity contribution in [2.45, 2.75) is 38.6 Å². The van der Waals surface area contributed by atoms with Crippen LogP contribution in [-0.2, 0) is 41.1 Å². The maximum atomic E-state index is 13.5. The summed E-state index contributed by atoms with van der Waals surface area (Å²) < 4.78 is 101. The van der Waals surface area contributed by atoms with E-state index in [-0.39, 0.29) is 5.75 Å². The standard InChI is InChI=1S/C25H20F4O7S2/c1-23(34-15-24(26,27)16-35-23)17-7-11-20(12-8-17)37(19-5-3-2-4-6-19)21-13-9-18(10-14-21)36-22(30)25(28,29)38(31,32)33/h2-14H,15-16H2,1H3. The van der Waals surface area contributed by atoms with Crippen LogP contribution in [0.1, 0.15) is 12.5 Å². The molecule has 0 spiro atoms. The molecule has 1 saturated heterocycles. The number of ether oxygens (including phenoxy) is 3. The highest BCUT2D eigenvalue weighted by Crippen LogP contribution is 2.37. The number of carbonyl (C=O) groups excluding carboxylic acids is 1. The molecule has 3 aromatic rings. The Bertz CT molecular complexity index is 1390. The van der Waals surface area contributed by atoms with Gasteiger partial charge >= 0.3 is 11.2 Å². The van der Waals surface area contributed by atoms with Gasteiger partial charge < -0.3 is 18.8 Å². The molecule has 1 heterocycles. The van der Waals surface area contributed by atoms with Gasteiger partial charge in [0.15, 0.2) is 30.6 Å². The Morgan fingerprint density at radius 1 is 0.895 bits per heavy atom. The van der Waals surface area contributed by atoms with Gasteiger partial charge in [0, 0.05) is 5.56 Å². The minimum absolute atomic E-state index is 0.384. The van der Waals surface area contributed by atoms with E-state index < -0.39 is 57.2 Å². The fourth-order valence-electron chi connectivity index (χ4n) is 3.51. The number of halogens is 4. The van der Waals surface area contributed by atoms with Crippen molar-refractivity contribution in [2.75, 3.05) is 13.2 Å². The number of carbonyl (C=O) groups is 1. The van der Waals surface area contributed by atoms with Crippen molar-refractivity contribution in [3.05, 3.63) is 84.4 Å². The van der Waals surface area contributed by atoms with Crippen LogP contribution in [0.4, 0.5) is 17.6 Å². The highest BCUT2D eigenvalue weighted by Gasteiger charge is 2.49. The van der Waals surface area contributed by atoms with Gasteiger partial charge in [0.1, 0.15) is 19.0 Å². The van der Waals surface area contributed by atoms with Crippen molar-refractivity contribution < 1.29 is 49.5 Å². The molecule has 202 valence electrons. The summed E-state index contributed by atoms with van der Waals surface area (Å²) >= 11 is 0. The third-order valence-corrected chi connectivity index (χ3v) is 8.56. The summed E-state index contributed by atoms with van der Waals surface area (Å²) in [5.41, 5.74) is 0.532. The van der Waals surface area contributed by atoms with E-state index in [0.717, 1.165) is 9.79 Å². The van der Waals surface area contributed by atoms with Crippen molar-refractivity contribution in [3.8, 4) is 5.75 Å². The molecule has 1 atom stereocenters. The lowest BCUT2D eigenvalue weighted by molar-refractivity contribution is -0.328. The number of hydrogen-bond donors (Lipinski definition) is 0. The van der Waals surface area contributed by atoms with Crippen LogP contribution in [0.25, 0.3) is 0 Å². The number of hydrogen-bond acceptors (Lipinski definition) is 7. The third-order valence-electron chi connectivity index (χ3n) is 5.53. The summed E-state index contributed by atoms with van der Waals surface area (Å²) in [5, 5.41) is -5.24. The van der Waals surface area contributed by atoms with E-state index in [0.29, 0.717) is 10.5 Å². The molecule has 1 aliphatic heterocycles. The molecule has 38 heavy (non-hydrogen) atoms.